The van der Waals surface area contributed by atoms with E-state index in [2.05, 4.69) is 10.6 Å². The maximum Gasteiger partial charge on any atom is 0.226 e. The van der Waals surface area contributed by atoms with Gasteiger partial charge in [-0.3, -0.25) is 9.59 Å². The van der Waals surface area contributed by atoms with E-state index >= 15 is 0 Å². The molecule has 0 bridgehead atoms. The van der Waals surface area contributed by atoms with Crippen molar-refractivity contribution >= 4 is 23.1 Å². The molecular formula is C17H15F3N2O2. The Balaban J connectivity index is 1.89. The first-order chi connectivity index (χ1) is 11.4. The van der Waals surface area contributed by atoms with Crippen LogP contribution < -0.4 is 10.6 Å². The first-order valence-electron chi connectivity index (χ1n) is 7.16. The molecule has 0 radical (unpaired) electrons. The van der Waals surface area contributed by atoms with E-state index in [-0.39, 0.29) is 30.3 Å². The van der Waals surface area contributed by atoms with Crippen molar-refractivity contribution in [2.75, 3.05) is 17.2 Å². The molecular weight excluding hydrogens is 321 g/mol. The van der Waals surface area contributed by atoms with Gasteiger partial charge in [-0.2, -0.15) is 0 Å². The number of benzene rings is 2. The zero-order chi connectivity index (χ0) is 17.7. The van der Waals surface area contributed by atoms with Gasteiger partial charge in [0.05, 0.1) is 5.69 Å². The van der Waals surface area contributed by atoms with Crippen molar-refractivity contribution in [3.05, 3.63) is 59.4 Å². The zero-order valence-electron chi connectivity index (χ0n) is 12.8. The van der Waals surface area contributed by atoms with E-state index in [1.807, 2.05) is 0 Å². The molecule has 2 aromatic carbocycles. The number of carbonyl (C=O) groups is 2. The molecule has 2 N–H and O–H groups in total. The summed E-state index contributed by atoms with van der Waals surface area (Å²) in [5.74, 6) is -4.66. The number of hydrogen-bond donors (Lipinski definition) is 2. The molecule has 4 nitrogen and oxygen atoms in total. The number of Topliss-reactive ketones (excluding diaryl/α,β-unsaturated/α-hetero) is 1. The summed E-state index contributed by atoms with van der Waals surface area (Å²) in [6.07, 6.45) is -0.0251. The van der Waals surface area contributed by atoms with E-state index in [1.54, 1.807) is 24.3 Å². The molecule has 0 aliphatic carbocycles. The summed E-state index contributed by atoms with van der Waals surface area (Å²) in [6.45, 7) is 1.45. The predicted molar refractivity (Wildman–Crippen MR) is 84.5 cm³/mol. The van der Waals surface area contributed by atoms with Crippen molar-refractivity contribution in [2.24, 2.45) is 0 Å². The lowest BCUT2D eigenvalue weighted by atomic mass is 10.1. The first-order valence-corrected chi connectivity index (χ1v) is 7.16. The first kappa shape index (κ1) is 17.5. The van der Waals surface area contributed by atoms with Gasteiger partial charge in [-0.25, -0.2) is 13.2 Å². The van der Waals surface area contributed by atoms with Crippen LogP contribution in [-0.4, -0.2) is 18.2 Å². The summed E-state index contributed by atoms with van der Waals surface area (Å²) in [5.41, 5.74) is 0.710. The molecule has 0 saturated carbocycles. The van der Waals surface area contributed by atoms with Gasteiger partial charge < -0.3 is 10.6 Å². The van der Waals surface area contributed by atoms with E-state index in [0.717, 1.165) is 12.1 Å². The Kier molecular flexibility index (Phi) is 5.57. The molecule has 0 aromatic heterocycles. The average molecular weight is 336 g/mol. The highest BCUT2D eigenvalue weighted by atomic mass is 19.2. The summed E-state index contributed by atoms with van der Waals surface area (Å²) in [7, 11) is 0. The number of hydrogen-bond acceptors (Lipinski definition) is 3. The maximum absolute atomic E-state index is 13.4. The molecule has 7 heteroatoms. The molecule has 0 unspecified atom stereocenters. The van der Waals surface area contributed by atoms with Crippen LogP contribution in [-0.2, 0) is 4.79 Å². The van der Waals surface area contributed by atoms with Crippen molar-refractivity contribution in [1.29, 1.82) is 0 Å². The summed E-state index contributed by atoms with van der Waals surface area (Å²) in [5, 5.41) is 5.13. The standard InChI is InChI=1S/C17H15F3N2O2/c1-10(23)11-3-2-4-12(9-11)22-15(24)7-8-21-14-6-5-13(18)16(19)17(14)20/h2-6,9,21H,7-8H2,1H3,(H,22,24). The Morgan fingerprint density at radius 1 is 1.04 bits per heavy atom. The van der Waals surface area contributed by atoms with Crippen molar-refractivity contribution in [2.45, 2.75) is 13.3 Å². The van der Waals surface area contributed by atoms with Crippen LogP contribution >= 0.6 is 0 Å². The molecule has 126 valence electrons. The monoisotopic (exact) mass is 336 g/mol. The van der Waals surface area contributed by atoms with Crippen LogP contribution in [0, 0.1) is 17.5 Å². The minimum atomic E-state index is -1.56. The molecule has 0 atom stereocenters. The molecule has 0 fully saturated rings. The van der Waals surface area contributed by atoms with Crippen LogP contribution in [0.15, 0.2) is 36.4 Å². The molecule has 0 aliphatic heterocycles. The summed E-state index contributed by atoms with van der Waals surface area (Å²) >= 11 is 0. The Bertz CT molecular complexity index is 778. The van der Waals surface area contributed by atoms with Gasteiger partial charge in [0.15, 0.2) is 23.2 Å². The van der Waals surface area contributed by atoms with Gasteiger partial charge in [0.2, 0.25) is 5.91 Å². The highest BCUT2D eigenvalue weighted by Gasteiger charge is 2.13. The third-order valence-electron chi connectivity index (χ3n) is 3.26. The van der Waals surface area contributed by atoms with Gasteiger partial charge in [0.1, 0.15) is 0 Å². The highest BCUT2D eigenvalue weighted by molar-refractivity contribution is 5.97. The number of anilines is 2. The molecule has 24 heavy (non-hydrogen) atoms. The molecule has 0 spiro atoms. The normalized spacial score (nSPS) is 10.3. The van der Waals surface area contributed by atoms with Crippen LogP contribution in [0.3, 0.4) is 0 Å². The summed E-state index contributed by atoms with van der Waals surface area (Å²) in [4.78, 5) is 23.1. The second kappa shape index (κ2) is 7.63. The lowest BCUT2D eigenvalue weighted by molar-refractivity contribution is -0.115. The summed E-state index contributed by atoms with van der Waals surface area (Å²) in [6, 6.07) is 8.30. The average Bonchev–Trinajstić information content (AvgIpc) is 2.55. The van der Waals surface area contributed by atoms with E-state index < -0.39 is 17.5 Å². The SMILES string of the molecule is CC(=O)c1cccc(NC(=O)CCNc2ccc(F)c(F)c2F)c1. The van der Waals surface area contributed by atoms with Crippen LogP contribution in [0.4, 0.5) is 24.5 Å². The molecule has 0 aliphatic rings. The highest BCUT2D eigenvalue weighted by Crippen LogP contribution is 2.19. The second-order valence-electron chi connectivity index (χ2n) is 5.08. The Labute approximate surface area is 136 Å². The lowest BCUT2D eigenvalue weighted by Gasteiger charge is -2.09. The van der Waals surface area contributed by atoms with E-state index in [1.165, 1.54) is 6.92 Å². The fraction of sp³-hybridized carbons (Fsp3) is 0.176. The van der Waals surface area contributed by atoms with E-state index in [0.29, 0.717) is 11.3 Å². The van der Waals surface area contributed by atoms with Crippen molar-refractivity contribution in [1.82, 2.24) is 0 Å². The Hall–Kier alpha value is -2.83. The summed E-state index contributed by atoms with van der Waals surface area (Å²) < 4.78 is 39.3. The van der Waals surface area contributed by atoms with Crippen LogP contribution in [0.25, 0.3) is 0 Å². The van der Waals surface area contributed by atoms with E-state index in [4.69, 9.17) is 0 Å². The van der Waals surface area contributed by atoms with Crippen molar-refractivity contribution < 1.29 is 22.8 Å². The van der Waals surface area contributed by atoms with Gasteiger partial charge in [-0.1, -0.05) is 12.1 Å². The topological polar surface area (TPSA) is 58.2 Å². The number of carbonyl (C=O) groups excluding carboxylic acids is 2. The minimum absolute atomic E-state index is 0.0251. The van der Waals surface area contributed by atoms with Crippen molar-refractivity contribution in [3.8, 4) is 0 Å². The molecule has 2 rings (SSSR count). The number of rotatable bonds is 6. The molecule has 0 saturated heterocycles. The number of amides is 1. The number of halogens is 3. The zero-order valence-corrected chi connectivity index (χ0v) is 12.8. The maximum atomic E-state index is 13.4. The van der Waals surface area contributed by atoms with Gasteiger partial charge in [-0.15, -0.1) is 0 Å². The molecule has 2 aromatic rings. The molecule has 1 amide bonds. The molecule has 0 heterocycles. The fourth-order valence-corrected chi connectivity index (χ4v) is 2.01. The quantitative estimate of drug-likeness (QED) is 0.624. The number of ketones is 1. The smallest absolute Gasteiger partial charge is 0.226 e. The Morgan fingerprint density at radius 3 is 2.50 bits per heavy atom. The third kappa shape index (κ3) is 4.34. The van der Waals surface area contributed by atoms with Crippen LogP contribution in [0.1, 0.15) is 23.7 Å². The minimum Gasteiger partial charge on any atom is -0.382 e. The van der Waals surface area contributed by atoms with Crippen LogP contribution in [0.5, 0.6) is 0 Å². The van der Waals surface area contributed by atoms with Gasteiger partial charge in [0.25, 0.3) is 0 Å². The van der Waals surface area contributed by atoms with Gasteiger partial charge >= 0.3 is 0 Å². The van der Waals surface area contributed by atoms with Crippen LogP contribution in [0.2, 0.25) is 0 Å². The number of nitrogens with one attached hydrogen (secondary N) is 2. The Morgan fingerprint density at radius 2 is 1.79 bits per heavy atom. The fourth-order valence-electron chi connectivity index (χ4n) is 2.01. The predicted octanol–water partition coefficient (Wildman–Crippen LogP) is 3.75. The second-order valence-corrected chi connectivity index (χ2v) is 5.08. The van der Waals surface area contributed by atoms with E-state index in [9.17, 15) is 22.8 Å². The van der Waals surface area contributed by atoms with Gasteiger partial charge in [-0.05, 0) is 31.2 Å². The largest absolute Gasteiger partial charge is 0.382 e. The lowest BCUT2D eigenvalue weighted by Crippen LogP contribution is -2.17. The van der Waals surface area contributed by atoms with Gasteiger partial charge in [0, 0.05) is 24.2 Å². The van der Waals surface area contributed by atoms with Crippen molar-refractivity contribution in [3.63, 3.8) is 0 Å². The third-order valence-corrected chi connectivity index (χ3v) is 3.26.